The van der Waals surface area contributed by atoms with E-state index < -0.39 is 21.7 Å². The Balaban J connectivity index is 1.96. The fraction of sp³-hybridized carbons (Fsp3) is 0.235. The number of amides is 1. The molecule has 2 aromatic rings. The van der Waals surface area contributed by atoms with Crippen LogP contribution in [0.15, 0.2) is 48.5 Å². The molecular formula is C17H18F2N2O3S. The second-order valence-electron chi connectivity index (χ2n) is 5.47. The fourth-order valence-corrected chi connectivity index (χ4v) is 3.23. The molecule has 0 unspecified atom stereocenters. The molecule has 0 fully saturated rings. The van der Waals surface area contributed by atoms with Crippen LogP contribution >= 0.6 is 0 Å². The van der Waals surface area contributed by atoms with E-state index >= 15 is 0 Å². The zero-order chi connectivity index (χ0) is 18.4. The predicted octanol–water partition coefficient (Wildman–Crippen LogP) is 2.09. The lowest BCUT2D eigenvalue weighted by Crippen LogP contribution is -2.38. The van der Waals surface area contributed by atoms with Crippen LogP contribution in [0.4, 0.5) is 14.5 Å². The molecule has 5 nitrogen and oxygen atoms in total. The molecule has 25 heavy (non-hydrogen) atoms. The predicted molar refractivity (Wildman–Crippen MR) is 91.7 cm³/mol. The van der Waals surface area contributed by atoms with Gasteiger partial charge >= 0.3 is 0 Å². The number of nitrogens with one attached hydrogen (secondary N) is 1. The van der Waals surface area contributed by atoms with Gasteiger partial charge in [-0.3, -0.25) is 9.10 Å². The van der Waals surface area contributed by atoms with Crippen molar-refractivity contribution in [3.05, 3.63) is 65.7 Å². The normalized spacial score (nSPS) is 11.2. The van der Waals surface area contributed by atoms with Gasteiger partial charge < -0.3 is 5.32 Å². The highest BCUT2D eigenvalue weighted by atomic mass is 32.2. The van der Waals surface area contributed by atoms with Crippen molar-refractivity contribution in [1.82, 2.24) is 5.32 Å². The molecule has 0 spiro atoms. The standard InChI is InChI=1S/C17H18F2N2O3S/c1-25(23,24)21(16-7-3-6-15(19)12-16)9-8-20-17(22)11-13-4-2-5-14(18)10-13/h2-7,10,12H,8-9,11H2,1H3,(H,20,22). The number of carbonyl (C=O) groups is 1. The van der Waals surface area contributed by atoms with Crippen molar-refractivity contribution in [3.63, 3.8) is 0 Å². The summed E-state index contributed by atoms with van der Waals surface area (Å²) in [6.45, 7) is -0.00505. The molecular weight excluding hydrogens is 350 g/mol. The summed E-state index contributed by atoms with van der Waals surface area (Å²) in [7, 11) is -3.63. The monoisotopic (exact) mass is 368 g/mol. The van der Waals surface area contributed by atoms with E-state index in [1.54, 1.807) is 6.07 Å². The van der Waals surface area contributed by atoms with Crippen LogP contribution in [0.5, 0.6) is 0 Å². The first-order valence-electron chi connectivity index (χ1n) is 7.50. The van der Waals surface area contributed by atoms with E-state index in [0.717, 1.165) is 16.6 Å². The van der Waals surface area contributed by atoms with Gasteiger partial charge in [-0.15, -0.1) is 0 Å². The summed E-state index contributed by atoms with van der Waals surface area (Å²) in [5.41, 5.74) is 0.699. The molecule has 2 aromatic carbocycles. The highest BCUT2D eigenvalue weighted by Crippen LogP contribution is 2.18. The topological polar surface area (TPSA) is 66.5 Å². The van der Waals surface area contributed by atoms with Crippen LogP contribution in [0, 0.1) is 11.6 Å². The van der Waals surface area contributed by atoms with E-state index in [0.29, 0.717) is 5.56 Å². The van der Waals surface area contributed by atoms with Gasteiger partial charge in [-0.2, -0.15) is 0 Å². The zero-order valence-electron chi connectivity index (χ0n) is 13.6. The highest BCUT2D eigenvalue weighted by molar-refractivity contribution is 7.92. The lowest BCUT2D eigenvalue weighted by molar-refractivity contribution is -0.120. The quantitative estimate of drug-likeness (QED) is 0.814. The summed E-state index contributed by atoms with van der Waals surface area (Å²) in [5.74, 6) is -1.35. The van der Waals surface area contributed by atoms with E-state index in [1.165, 1.54) is 36.4 Å². The number of rotatable bonds is 7. The van der Waals surface area contributed by atoms with Crippen LogP contribution in [0.2, 0.25) is 0 Å². The first-order valence-corrected chi connectivity index (χ1v) is 9.35. The molecule has 134 valence electrons. The Morgan fingerprint density at radius 3 is 2.32 bits per heavy atom. The van der Waals surface area contributed by atoms with Gasteiger partial charge in [-0.05, 0) is 35.9 Å². The first kappa shape index (κ1) is 18.9. The summed E-state index contributed by atoms with van der Waals surface area (Å²) in [6, 6.07) is 10.9. The number of halogens is 2. The van der Waals surface area contributed by atoms with Crippen molar-refractivity contribution < 1.29 is 22.0 Å². The Morgan fingerprint density at radius 2 is 1.72 bits per heavy atom. The molecule has 0 aromatic heterocycles. The number of sulfonamides is 1. The van der Waals surface area contributed by atoms with Crippen LogP contribution in [-0.2, 0) is 21.2 Å². The summed E-state index contributed by atoms with van der Waals surface area (Å²) in [4.78, 5) is 11.9. The van der Waals surface area contributed by atoms with Crippen molar-refractivity contribution in [3.8, 4) is 0 Å². The molecule has 0 aliphatic heterocycles. The molecule has 1 amide bonds. The van der Waals surface area contributed by atoms with E-state index in [2.05, 4.69) is 5.32 Å². The lowest BCUT2D eigenvalue weighted by Gasteiger charge is -2.22. The molecule has 2 rings (SSSR count). The van der Waals surface area contributed by atoms with Crippen LogP contribution in [0.1, 0.15) is 5.56 Å². The van der Waals surface area contributed by atoms with Crippen molar-refractivity contribution in [1.29, 1.82) is 0 Å². The number of carbonyl (C=O) groups excluding carboxylic acids is 1. The van der Waals surface area contributed by atoms with Gasteiger partial charge in [-0.25, -0.2) is 17.2 Å². The molecule has 0 saturated carbocycles. The minimum atomic E-state index is -3.63. The molecule has 8 heteroatoms. The van der Waals surface area contributed by atoms with E-state index in [-0.39, 0.29) is 31.1 Å². The van der Waals surface area contributed by atoms with Gasteiger partial charge in [0.25, 0.3) is 0 Å². The molecule has 0 aliphatic rings. The highest BCUT2D eigenvalue weighted by Gasteiger charge is 2.17. The maximum Gasteiger partial charge on any atom is 0.232 e. The fourth-order valence-electron chi connectivity index (χ4n) is 2.31. The SMILES string of the molecule is CS(=O)(=O)N(CCNC(=O)Cc1cccc(F)c1)c1cccc(F)c1. The van der Waals surface area contributed by atoms with Gasteiger partial charge in [0.05, 0.1) is 24.9 Å². The first-order chi connectivity index (χ1) is 11.8. The molecule has 0 radical (unpaired) electrons. The van der Waals surface area contributed by atoms with Gasteiger partial charge in [0.1, 0.15) is 11.6 Å². The molecule has 1 N–H and O–H groups in total. The van der Waals surface area contributed by atoms with Gasteiger partial charge in [-0.1, -0.05) is 18.2 Å². The average molecular weight is 368 g/mol. The summed E-state index contributed by atoms with van der Waals surface area (Å²) >= 11 is 0. The largest absolute Gasteiger partial charge is 0.354 e. The second kappa shape index (κ2) is 8.06. The summed E-state index contributed by atoms with van der Waals surface area (Å²) in [5, 5.41) is 2.58. The van der Waals surface area contributed by atoms with Gasteiger partial charge in [0.15, 0.2) is 0 Å². The summed E-state index contributed by atoms with van der Waals surface area (Å²) < 4.78 is 51.2. The molecule has 0 atom stereocenters. The average Bonchev–Trinajstić information content (AvgIpc) is 2.50. The molecule has 0 saturated heterocycles. The van der Waals surface area contributed by atoms with Crippen LogP contribution in [0.25, 0.3) is 0 Å². The Bertz CT molecular complexity index is 856. The minimum Gasteiger partial charge on any atom is -0.354 e. The van der Waals surface area contributed by atoms with Crippen molar-refractivity contribution >= 4 is 21.6 Å². The second-order valence-corrected chi connectivity index (χ2v) is 7.38. The molecule has 0 aliphatic carbocycles. The molecule has 0 heterocycles. The maximum absolute atomic E-state index is 13.3. The Morgan fingerprint density at radius 1 is 1.08 bits per heavy atom. The maximum atomic E-state index is 13.3. The van der Waals surface area contributed by atoms with Crippen molar-refractivity contribution in [2.45, 2.75) is 6.42 Å². The van der Waals surface area contributed by atoms with Crippen molar-refractivity contribution in [2.24, 2.45) is 0 Å². The number of nitrogens with zero attached hydrogens (tertiary/aromatic N) is 1. The zero-order valence-corrected chi connectivity index (χ0v) is 14.4. The van der Waals surface area contributed by atoms with Gasteiger partial charge in [0.2, 0.25) is 15.9 Å². The summed E-state index contributed by atoms with van der Waals surface area (Å²) in [6.07, 6.45) is 0.989. The third-order valence-electron chi connectivity index (χ3n) is 3.39. The third-order valence-corrected chi connectivity index (χ3v) is 4.58. The van der Waals surface area contributed by atoms with Crippen LogP contribution in [0.3, 0.4) is 0 Å². The third kappa shape index (κ3) is 5.82. The van der Waals surface area contributed by atoms with Crippen molar-refractivity contribution in [2.75, 3.05) is 23.7 Å². The Hall–Kier alpha value is -2.48. The molecule has 0 bridgehead atoms. The number of hydrogen-bond donors (Lipinski definition) is 1. The number of hydrogen-bond acceptors (Lipinski definition) is 3. The van der Waals surface area contributed by atoms with Gasteiger partial charge in [0, 0.05) is 6.54 Å². The van der Waals surface area contributed by atoms with Crippen LogP contribution in [-0.4, -0.2) is 33.7 Å². The van der Waals surface area contributed by atoms with E-state index in [9.17, 15) is 22.0 Å². The minimum absolute atomic E-state index is 0.0173. The van der Waals surface area contributed by atoms with E-state index in [1.807, 2.05) is 0 Å². The van der Waals surface area contributed by atoms with E-state index in [4.69, 9.17) is 0 Å². The Labute approximate surface area is 145 Å². The Kier molecular flexibility index (Phi) is 6.08. The number of anilines is 1. The lowest BCUT2D eigenvalue weighted by atomic mass is 10.1. The smallest absolute Gasteiger partial charge is 0.232 e. The number of benzene rings is 2. The van der Waals surface area contributed by atoms with Crippen LogP contribution < -0.4 is 9.62 Å².